The summed E-state index contributed by atoms with van der Waals surface area (Å²) in [6.07, 6.45) is 6.62. The number of fused-ring (bicyclic) bond motifs is 2. The zero-order chi connectivity index (χ0) is 22.6. The van der Waals surface area contributed by atoms with Crippen LogP contribution in [0.25, 0.3) is 39.4 Å². The molecule has 6 heteroatoms. The molecule has 3 N–H and O–H groups in total. The molecule has 0 saturated carbocycles. The number of hydrogen-bond acceptors (Lipinski definition) is 2. The van der Waals surface area contributed by atoms with Crippen LogP contribution < -0.4 is 4.74 Å². The smallest absolute Gasteiger partial charge is 0.352 e. The zero-order valence-electron chi connectivity index (χ0n) is 18.0. The number of carboxylic acids is 1. The van der Waals surface area contributed by atoms with Crippen molar-refractivity contribution in [1.29, 1.82) is 0 Å². The van der Waals surface area contributed by atoms with E-state index in [9.17, 15) is 14.3 Å². The Bertz CT molecular complexity index is 1410. The molecule has 0 amide bonds. The van der Waals surface area contributed by atoms with Crippen molar-refractivity contribution in [3.63, 3.8) is 0 Å². The third-order valence-electron chi connectivity index (χ3n) is 6.12. The highest BCUT2D eigenvalue weighted by molar-refractivity contribution is 6.04. The van der Waals surface area contributed by atoms with Crippen LogP contribution in [0.5, 0.6) is 5.75 Å². The Morgan fingerprint density at radius 2 is 2.00 bits per heavy atom. The molecule has 0 fully saturated rings. The summed E-state index contributed by atoms with van der Waals surface area (Å²) < 4.78 is 20.2. The number of nitrogens with one attached hydrogen (secondary N) is 2. The van der Waals surface area contributed by atoms with Crippen molar-refractivity contribution < 1.29 is 19.0 Å². The van der Waals surface area contributed by atoms with Gasteiger partial charge in [0.2, 0.25) is 0 Å². The van der Waals surface area contributed by atoms with Gasteiger partial charge >= 0.3 is 5.97 Å². The topological polar surface area (TPSA) is 78.1 Å². The van der Waals surface area contributed by atoms with E-state index in [1.54, 1.807) is 13.3 Å². The molecule has 32 heavy (non-hydrogen) atoms. The van der Waals surface area contributed by atoms with E-state index in [2.05, 4.69) is 16.0 Å². The molecule has 5 rings (SSSR count). The van der Waals surface area contributed by atoms with Crippen molar-refractivity contribution in [2.24, 2.45) is 0 Å². The Labute approximate surface area is 184 Å². The quantitative estimate of drug-likeness (QED) is 0.344. The fourth-order valence-electron chi connectivity index (χ4n) is 4.81. The van der Waals surface area contributed by atoms with Gasteiger partial charge in [-0.15, -0.1) is 0 Å². The SMILES string of the molecule is COc1ccc2c(c1-c1c(C(=O)O)[nH]c(-c3cc(F)cc4[nH]ccc34)c1C(C)C)C=CC2. The van der Waals surface area contributed by atoms with E-state index in [1.807, 2.05) is 38.1 Å². The minimum Gasteiger partial charge on any atom is -0.496 e. The maximum Gasteiger partial charge on any atom is 0.352 e. The number of hydrogen-bond donors (Lipinski definition) is 3. The average molecular weight is 430 g/mol. The van der Waals surface area contributed by atoms with Crippen molar-refractivity contribution in [1.82, 2.24) is 9.97 Å². The largest absolute Gasteiger partial charge is 0.496 e. The van der Waals surface area contributed by atoms with Gasteiger partial charge in [-0.1, -0.05) is 32.1 Å². The van der Waals surface area contributed by atoms with Gasteiger partial charge in [-0.2, -0.15) is 0 Å². The Balaban J connectivity index is 1.92. The molecule has 0 unspecified atom stereocenters. The van der Waals surface area contributed by atoms with E-state index in [-0.39, 0.29) is 11.6 Å². The average Bonchev–Trinajstić information content (AvgIpc) is 3.49. The number of aromatic carboxylic acids is 1. The van der Waals surface area contributed by atoms with E-state index < -0.39 is 11.8 Å². The molecular weight excluding hydrogens is 407 g/mol. The van der Waals surface area contributed by atoms with Gasteiger partial charge in [0.05, 0.1) is 12.8 Å². The molecule has 0 radical (unpaired) electrons. The van der Waals surface area contributed by atoms with Gasteiger partial charge in [-0.25, -0.2) is 9.18 Å². The number of H-pyrrole nitrogens is 2. The van der Waals surface area contributed by atoms with Crippen LogP contribution in [0.2, 0.25) is 0 Å². The van der Waals surface area contributed by atoms with Crippen molar-refractivity contribution in [2.75, 3.05) is 7.11 Å². The van der Waals surface area contributed by atoms with Crippen LogP contribution in [0.4, 0.5) is 4.39 Å². The maximum atomic E-state index is 14.5. The minimum absolute atomic E-state index is 0.0347. The Morgan fingerprint density at radius 1 is 1.19 bits per heavy atom. The number of aromatic nitrogens is 2. The lowest BCUT2D eigenvalue weighted by molar-refractivity contribution is 0.0692. The number of carboxylic acid groups (broad SMARTS) is 1. The third kappa shape index (κ3) is 2.94. The zero-order valence-corrected chi connectivity index (χ0v) is 18.0. The fraction of sp³-hybridized carbons (Fsp3) is 0.192. The van der Waals surface area contributed by atoms with Gasteiger partial charge in [-0.3, -0.25) is 0 Å². The summed E-state index contributed by atoms with van der Waals surface area (Å²) in [5.41, 5.74) is 6.22. The monoisotopic (exact) mass is 430 g/mol. The first-order valence-corrected chi connectivity index (χ1v) is 10.5. The van der Waals surface area contributed by atoms with E-state index >= 15 is 0 Å². The molecule has 0 atom stereocenters. The molecule has 1 aliphatic carbocycles. The number of allylic oxidation sites excluding steroid dienone is 1. The van der Waals surface area contributed by atoms with E-state index in [0.29, 0.717) is 28.1 Å². The number of carbonyl (C=O) groups is 1. The molecule has 2 aromatic carbocycles. The van der Waals surface area contributed by atoms with Crippen LogP contribution in [0.1, 0.15) is 46.9 Å². The number of aromatic amines is 2. The van der Waals surface area contributed by atoms with Gasteiger partial charge in [0, 0.05) is 33.8 Å². The van der Waals surface area contributed by atoms with Crippen molar-refractivity contribution in [2.45, 2.75) is 26.2 Å². The predicted octanol–water partition coefficient (Wildman–Crippen LogP) is 6.37. The van der Waals surface area contributed by atoms with Crippen LogP contribution in [-0.4, -0.2) is 28.2 Å². The summed E-state index contributed by atoms with van der Waals surface area (Å²) in [6, 6.07) is 8.66. The first-order valence-electron chi connectivity index (χ1n) is 10.5. The summed E-state index contributed by atoms with van der Waals surface area (Å²) in [6.45, 7) is 4.03. The van der Waals surface area contributed by atoms with Gasteiger partial charge in [-0.05, 0) is 53.3 Å². The van der Waals surface area contributed by atoms with Gasteiger partial charge in [0.25, 0.3) is 0 Å². The van der Waals surface area contributed by atoms with Crippen LogP contribution in [0.3, 0.4) is 0 Å². The predicted molar refractivity (Wildman–Crippen MR) is 124 cm³/mol. The van der Waals surface area contributed by atoms with Crippen LogP contribution in [0.15, 0.2) is 42.6 Å². The molecule has 2 aromatic heterocycles. The van der Waals surface area contributed by atoms with Crippen LogP contribution in [0, 0.1) is 5.82 Å². The molecule has 2 heterocycles. The Morgan fingerprint density at radius 3 is 2.72 bits per heavy atom. The molecular formula is C26H23FN2O3. The molecule has 162 valence electrons. The number of benzene rings is 2. The summed E-state index contributed by atoms with van der Waals surface area (Å²) in [4.78, 5) is 18.6. The summed E-state index contributed by atoms with van der Waals surface area (Å²) >= 11 is 0. The van der Waals surface area contributed by atoms with Crippen LogP contribution >= 0.6 is 0 Å². The highest BCUT2D eigenvalue weighted by Crippen LogP contribution is 2.47. The number of halogens is 1. The van der Waals surface area contributed by atoms with Gasteiger partial charge in [0.15, 0.2) is 0 Å². The normalized spacial score (nSPS) is 12.7. The summed E-state index contributed by atoms with van der Waals surface area (Å²) in [5.74, 6) is -0.890. The first-order chi connectivity index (χ1) is 15.4. The van der Waals surface area contributed by atoms with E-state index in [0.717, 1.165) is 34.1 Å². The third-order valence-corrected chi connectivity index (χ3v) is 6.12. The number of ether oxygens (including phenoxy) is 1. The maximum absolute atomic E-state index is 14.5. The second-order valence-electron chi connectivity index (χ2n) is 8.34. The molecule has 1 aliphatic rings. The second-order valence-corrected chi connectivity index (χ2v) is 8.34. The molecule has 0 saturated heterocycles. The first kappa shape index (κ1) is 20.1. The van der Waals surface area contributed by atoms with Crippen molar-refractivity contribution in [3.05, 3.63) is 70.8 Å². The molecule has 0 aliphatic heterocycles. The molecule has 0 bridgehead atoms. The standard InChI is InChI=1S/C26H23FN2O3/c1-13(2)21-23(22-16-6-4-5-14(16)7-8-20(22)32-3)25(26(30)31)29-24(21)18-11-15(27)12-19-17(18)9-10-28-19/h4,6-13,28-29H,5H2,1-3H3,(H,30,31). The Kier molecular flexibility index (Phi) is 4.66. The molecule has 4 aromatic rings. The van der Waals surface area contributed by atoms with E-state index in [1.165, 1.54) is 12.1 Å². The lowest BCUT2D eigenvalue weighted by Gasteiger charge is -2.17. The number of methoxy groups -OCH3 is 1. The highest BCUT2D eigenvalue weighted by Gasteiger charge is 2.30. The lowest BCUT2D eigenvalue weighted by Crippen LogP contribution is -2.03. The molecule has 5 nitrogen and oxygen atoms in total. The number of rotatable bonds is 5. The van der Waals surface area contributed by atoms with Gasteiger partial charge in [0.1, 0.15) is 17.3 Å². The van der Waals surface area contributed by atoms with Crippen molar-refractivity contribution >= 4 is 22.9 Å². The summed E-state index contributed by atoms with van der Waals surface area (Å²) in [5, 5.41) is 11.0. The fourth-order valence-corrected chi connectivity index (χ4v) is 4.81. The highest BCUT2D eigenvalue weighted by atomic mass is 19.1. The Hall–Kier alpha value is -3.80. The second kappa shape index (κ2) is 7.41. The minimum atomic E-state index is -1.07. The lowest BCUT2D eigenvalue weighted by atomic mass is 9.87. The van der Waals surface area contributed by atoms with Gasteiger partial charge < -0.3 is 19.8 Å². The van der Waals surface area contributed by atoms with E-state index in [4.69, 9.17) is 4.74 Å². The summed E-state index contributed by atoms with van der Waals surface area (Å²) in [7, 11) is 1.59. The van der Waals surface area contributed by atoms with Crippen LogP contribution in [-0.2, 0) is 6.42 Å². The van der Waals surface area contributed by atoms with Crippen molar-refractivity contribution in [3.8, 4) is 28.1 Å². The molecule has 0 spiro atoms.